The van der Waals surface area contributed by atoms with Gasteiger partial charge in [0.2, 0.25) is 5.88 Å². The van der Waals surface area contributed by atoms with Crippen molar-refractivity contribution in [3.63, 3.8) is 0 Å². The molecule has 1 aromatic heterocycles. The fraction of sp³-hybridized carbons (Fsp3) is 0.308. The number of hydrogen-bond donors (Lipinski definition) is 1. The van der Waals surface area contributed by atoms with Crippen LogP contribution in [0.1, 0.15) is 18.2 Å². The van der Waals surface area contributed by atoms with Gasteiger partial charge in [-0.2, -0.15) is 0 Å². The standard InChI is InChI=1S/C26H30N4O2/c1-4-20-18-23(25(32-3)27-19(20)2)28-26(31)30-16-14-29(15-17-30)24-13-9-8-12-22(24)21-10-6-5-7-11-21/h5-13,18H,4,14-17H2,1-3H3,(H,28,31). The highest BCUT2D eigenvalue weighted by atomic mass is 16.5. The second kappa shape index (κ2) is 9.73. The maximum Gasteiger partial charge on any atom is 0.322 e. The maximum atomic E-state index is 13.0. The Labute approximate surface area is 189 Å². The molecule has 1 saturated heterocycles. The molecule has 4 rings (SSSR count). The third kappa shape index (κ3) is 4.54. The Morgan fingerprint density at radius 2 is 1.72 bits per heavy atom. The number of urea groups is 1. The van der Waals surface area contributed by atoms with Gasteiger partial charge in [0.15, 0.2) is 0 Å². The predicted octanol–water partition coefficient (Wildman–Crippen LogP) is 4.98. The molecule has 32 heavy (non-hydrogen) atoms. The minimum atomic E-state index is -0.119. The number of pyridine rings is 1. The summed E-state index contributed by atoms with van der Waals surface area (Å²) in [5.74, 6) is 0.448. The van der Waals surface area contributed by atoms with Crippen LogP contribution in [-0.2, 0) is 6.42 Å². The van der Waals surface area contributed by atoms with Gasteiger partial charge >= 0.3 is 6.03 Å². The fourth-order valence-corrected chi connectivity index (χ4v) is 4.18. The number of carbonyl (C=O) groups is 1. The van der Waals surface area contributed by atoms with Gasteiger partial charge in [0.1, 0.15) is 5.69 Å². The summed E-state index contributed by atoms with van der Waals surface area (Å²) in [5.41, 5.74) is 6.27. The van der Waals surface area contributed by atoms with Crippen molar-refractivity contribution in [3.05, 3.63) is 71.9 Å². The number of amides is 2. The lowest BCUT2D eigenvalue weighted by molar-refractivity contribution is 0.208. The van der Waals surface area contributed by atoms with Gasteiger partial charge in [-0.15, -0.1) is 0 Å². The average molecular weight is 431 g/mol. The zero-order valence-electron chi connectivity index (χ0n) is 19.0. The lowest BCUT2D eigenvalue weighted by Crippen LogP contribution is -2.50. The summed E-state index contributed by atoms with van der Waals surface area (Å²) < 4.78 is 5.39. The molecule has 2 aromatic carbocycles. The molecular formula is C26H30N4O2. The molecule has 0 radical (unpaired) electrons. The Balaban J connectivity index is 1.45. The first-order chi connectivity index (χ1) is 15.6. The van der Waals surface area contributed by atoms with E-state index in [9.17, 15) is 4.79 Å². The van der Waals surface area contributed by atoms with Crippen molar-refractivity contribution >= 4 is 17.4 Å². The number of benzene rings is 2. The number of carbonyl (C=O) groups excluding carboxylic acids is 1. The summed E-state index contributed by atoms with van der Waals surface area (Å²) in [7, 11) is 1.58. The molecule has 0 unspecified atom stereocenters. The number of rotatable bonds is 5. The molecule has 6 heteroatoms. The van der Waals surface area contributed by atoms with Gasteiger partial charge in [0.05, 0.1) is 7.11 Å². The monoisotopic (exact) mass is 430 g/mol. The minimum Gasteiger partial charge on any atom is -0.480 e. The summed E-state index contributed by atoms with van der Waals surface area (Å²) in [5, 5.41) is 3.01. The molecule has 0 aliphatic carbocycles. The SMILES string of the molecule is CCc1cc(NC(=O)N2CCN(c3ccccc3-c3ccccc3)CC2)c(OC)nc1C. The summed E-state index contributed by atoms with van der Waals surface area (Å²) in [6, 6.07) is 20.7. The summed E-state index contributed by atoms with van der Waals surface area (Å²) in [6.07, 6.45) is 0.852. The van der Waals surface area contributed by atoms with Crippen LogP contribution in [0.4, 0.5) is 16.2 Å². The molecule has 6 nitrogen and oxygen atoms in total. The number of hydrogen-bond acceptors (Lipinski definition) is 4. The average Bonchev–Trinajstić information content (AvgIpc) is 2.85. The summed E-state index contributed by atoms with van der Waals surface area (Å²) in [6.45, 7) is 6.89. The largest absolute Gasteiger partial charge is 0.480 e. The Hall–Kier alpha value is -3.54. The Morgan fingerprint density at radius 1 is 1.03 bits per heavy atom. The number of aromatic nitrogens is 1. The number of nitrogens with one attached hydrogen (secondary N) is 1. The van der Waals surface area contributed by atoms with E-state index in [0.717, 1.165) is 30.8 Å². The van der Waals surface area contributed by atoms with Gasteiger partial charge in [-0.1, -0.05) is 55.5 Å². The lowest BCUT2D eigenvalue weighted by Gasteiger charge is -2.37. The molecule has 1 aliphatic heterocycles. The van der Waals surface area contributed by atoms with Crippen molar-refractivity contribution in [2.75, 3.05) is 43.5 Å². The van der Waals surface area contributed by atoms with Gasteiger partial charge in [0.25, 0.3) is 0 Å². The van der Waals surface area contributed by atoms with E-state index in [1.165, 1.54) is 16.8 Å². The smallest absolute Gasteiger partial charge is 0.322 e. The van der Waals surface area contributed by atoms with Crippen molar-refractivity contribution in [3.8, 4) is 17.0 Å². The summed E-state index contributed by atoms with van der Waals surface area (Å²) >= 11 is 0. The van der Waals surface area contributed by atoms with E-state index in [1.807, 2.05) is 24.0 Å². The van der Waals surface area contributed by atoms with E-state index in [0.29, 0.717) is 24.7 Å². The number of piperazine rings is 1. The van der Waals surface area contributed by atoms with E-state index in [-0.39, 0.29) is 6.03 Å². The van der Waals surface area contributed by atoms with Crippen LogP contribution in [-0.4, -0.2) is 49.2 Å². The van der Waals surface area contributed by atoms with Crippen LogP contribution in [0.15, 0.2) is 60.7 Å². The van der Waals surface area contributed by atoms with Crippen LogP contribution in [0.3, 0.4) is 0 Å². The van der Waals surface area contributed by atoms with E-state index < -0.39 is 0 Å². The second-order valence-corrected chi connectivity index (χ2v) is 7.93. The van der Waals surface area contributed by atoms with E-state index in [2.05, 4.69) is 70.7 Å². The Kier molecular flexibility index (Phi) is 6.59. The highest BCUT2D eigenvalue weighted by molar-refractivity contribution is 5.91. The van der Waals surface area contributed by atoms with Gasteiger partial charge < -0.3 is 19.9 Å². The van der Waals surface area contributed by atoms with Crippen LogP contribution in [0.5, 0.6) is 5.88 Å². The first-order valence-corrected chi connectivity index (χ1v) is 11.1. The first kappa shape index (κ1) is 21.7. The molecule has 1 aliphatic rings. The number of nitrogens with zero attached hydrogens (tertiary/aromatic N) is 3. The first-order valence-electron chi connectivity index (χ1n) is 11.1. The van der Waals surface area contributed by atoms with Crippen molar-refractivity contribution in [1.82, 2.24) is 9.88 Å². The maximum absolute atomic E-state index is 13.0. The zero-order valence-corrected chi connectivity index (χ0v) is 19.0. The molecule has 1 N–H and O–H groups in total. The van der Waals surface area contributed by atoms with Gasteiger partial charge in [-0.3, -0.25) is 0 Å². The number of ether oxygens (including phenoxy) is 1. The van der Waals surface area contributed by atoms with Crippen molar-refractivity contribution < 1.29 is 9.53 Å². The molecule has 2 heterocycles. The van der Waals surface area contributed by atoms with Crippen LogP contribution in [0.25, 0.3) is 11.1 Å². The van der Waals surface area contributed by atoms with E-state index in [1.54, 1.807) is 7.11 Å². The van der Waals surface area contributed by atoms with Gasteiger partial charge in [-0.25, -0.2) is 9.78 Å². The van der Waals surface area contributed by atoms with E-state index in [4.69, 9.17) is 4.74 Å². The predicted molar refractivity (Wildman–Crippen MR) is 130 cm³/mol. The molecule has 3 aromatic rings. The van der Waals surface area contributed by atoms with Crippen LogP contribution >= 0.6 is 0 Å². The highest BCUT2D eigenvalue weighted by Gasteiger charge is 2.24. The number of aryl methyl sites for hydroxylation is 2. The lowest BCUT2D eigenvalue weighted by atomic mass is 10.0. The van der Waals surface area contributed by atoms with Crippen LogP contribution in [0.2, 0.25) is 0 Å². The normalized spacial score (nSPS) is 13.7. The third-order valence-corrected chi connectivity index (χ3v) is 6.00. The molecule has 1 fully saturated rings. The molecule has 0 bridgehead atoms. The van der Waals surface area contributed by atoms with Crippen molar-refractivity contribution in [2.24, 2.45) is 0 Å². The second-order valence-electron chi connectivity index (χ2n) is 7.93. The van der Waals surface area contributed by atoms with Crippen LogP contribution < -0.4 is 15.0 Å². The topological polar surface area (TPSA) is 57.7 Å². The number of methoxy groups -OCH3 is 1. The van der Waals surface area contributed by atoms with Gasteiger partial charge in [-0.05, 0) is 36.6 Å². The summed E-state index contributed by atoms with van der Waals surface area (Å²) in [4.78, 5) is 21.7. The molecule has 0 spiro atoms. The zero-order chi connectivity index (χ0) is 22.5. The third-order valence-electron chi connectivity index (χ3n) is 6.00. The number of para-hydroxylation sites is 1. The minimum absolute atomic E-state index is 0.119. The van der Waals surface area contributed by atoms with Crippen molar-refractivity contribution in [1.29, 1.82) is 0 Å². The quantitative estimate of drug-likeness (QED) is 0.620. The Morgan fingerprint density at radius 3 is 2.41 bits per heavy atom. The molecule has 0 saturated carbocycles. The van der Waals surface area contributed by atoms with E-state index >= 15 is 0 Å². The molecule has 166 valence electrons. The fourth-order valence-electron chi connectivity index (χ4n) is 4.18. The highest BCUT2D eigenvalue weighted by Crippen LogP contribution is 2.31. The Bertz CT molecular complexity index is 1080. The number of anilines is 2. The molecular weight excluding hydrogens is 400 g/mol. The van der Waals surface area contributed by atoms with Crippen molar-refractivity contribution in [2.45, 2.75) is 20.3 Å². The molecule has 0 atom stereocenters. The molecule has 2 amide bonds. The van der Waals surface area contributed by atoms with Gasteiger partial charge in [0, 0.05) is 43.1 Å². The van der Waals surface area contributed by atoms with Crippen LogP contribution in [0, 0.1) is 6.92 Å².